The van der Waals surface area contributed by atoms with Crippen molar-refractivity contribution in [1.29, 1.82) is 0 Å². The first kappa shape index (κ1) is 17.9. The molecule has 3 heterocycles. The molecule has 1 N–H and O–H groups in total. The highest BCUT2D eigenvalue weighted by Gasteiger charge is 2.31. The third-order valence-corrected chi connectivity index (χ3v) is 5.43. The van der Waals surface area contributed by atoms with Crippen molar-refractivity contribution in [2.75, 3.05) is 13.1 Å². The molecule has 2 fully saturated rings. The van der Waals surface area contributed by atoms with Crippen LogP contribution in [0.25, 0.3) is 11.0 Å². The van der Waals surface area contributed by atoms with Gasteiger partial charge in [-0.1, -0.05) is 18.6 Å². The van der Waals surface area contributed by atoms with Gasteiger partial charge in [-0.25, -0.2) is 4.79 Å². The van der Waals surface area contributed by atoms with Crippen LogP contribution in [0.5, 0.6) is 0 Å². The molecule has 144 valence electrons. The molecule has 0 saturated carbocycles. The van der Waals surface area contributed by atoms with Gasteiger partial charge in [-0.05, 0) is 25.3 Å². The fourth-order valence-corrected chi connectivity index (χ4v) is 4.02. The molecule has 0 radical (unpaired) electrons. The summed E-state index contributed by atoms with van der Waals surface area (Å²) in [6.07, 6.45) is 4.07. The molecule has 1 atom stereocenters. The Balaban J connectivity index is 1.68. The molecule has 2 aromatic rings. The Kier molecular flexibility index (Phi) is 4.84. The zero-order valence-electron chi connectivity index (χ0n) is 15.4. The van der Waals surface area contributed by atoms with E-state index < -0.39 is 11.9 Å². The fraction of sp³-hybridized carbons (Fsp3) is 0.526. The van der Waals surface area contributed by atoms with E-state index in [1.165, 1.54) is 11.0 Å². The van der Waals surface area contributed by atoms with Crippen molar-refractivity contribution in [3.05, 3.63) is 34.2 Å². The summed E-state index contributed by atoms with van der Waals surface area (Å²) in [7, 11) is 1.71. The number of para-hydroxylation sites is 1. The zero-order chi connectivity index (χ0) is 19.0. The Labute approximate surface area is 156 Å². The number of imide groups is 1. The summed E-state index contributed by atoms with van der Waals surface area (Å²) in [6.45, 7) is 2.22. The van der Waals surface area contributed by atoms with E-state index in [1.54, 1.807) is 11.6 Å². The third kappa shape index (κ3) is 3.30. The maximum absolute atomic E-state index is 12.9. The van der Waals surface area contributed by atoms with Crippen LogP contribution in [-0.2, 0) is 28.1 Å². The predicted molar refractivity (Wildman–Crippen MR) is 98.8 cm³/mol. The van der Waals surface area contributed by atoms with Gasteiger partial charge in [0, 0.05) is 32.1 Å². The van der Waals surface area contributed by atoms with Gasteiger partial charge in [-0.15, -0.1) is 0 Å². The molecule has 2 amide bonds. The van der Waals surface area contributed by atoms with Gasteiger partial charge in [0.1, 0.15) is 6.04 Å². The van der Waals surface area contributed by atoms with Crippen molar-refractivity contribution in [2.45, 2.75) is 44.8 Å². The summed E-state index contributed by atoms with van der Waals surface area (Å²) in [5, 5.41) is 4.32. The molecule has 1 unspecified atom stereocenters. The van der Waals surface area contributed by atoms with Crippen LogP contribution >= 0.6 is 0 Å². The number of rotatable bonds is 4. The molecule has 8 nitrogen and oxygen atoms in total. The second-order valence-corrected chi connectivity index (χ2v) is 7.23. The molecule has 1 aromatic heterocycles. The number of imidazole rings is 1. The normalized spacial score (nSPS) is 21.6. The van der Waals surface area contributed by atoms with Gasteiger partial charge in [0.15, 0.2) is 0 Å². The van der Waals surface area contributed by atoms with Gasteiger partial charge >= 0.3 is 5.69 Å². The molecule has 1 aromatic carbocycles. The third-order valence-electron chi connectivity index (χ3n) is 5.43. The van der Waals surface area contributed by atoms with Gasteiger partial charge < -0.3 is 0 Å². The number of amides is 2. The number of hydrogen-bond acceptors (Lipinski definition) is 5. The van der Waals surface area contributed by atoms with Crippen LogP contribution in [-0.4, -0.2) is 39.1 Å². The summed E-state index contributed by atoms with van der Waals surface area (Å²) in [4.78, 5) is 42.6. The summed E-state index contributed by atoms with van der Waals surface area (Å²) in [5.74, 6) is -0.712. The van der Waals surface area contributed by atoms with E-state index in [1.807, 2.05) is 23.3 Å². The van der Waals surface area contributed by atoms with E-state index in [0.29, 0.717) is 18.5 Å². The van der Waals surface area contributed by atoms with E-state index in [-0.39, 0.29) is 18.0 Å². The Morgan fingerprint density at radius 2 is 1.93 bits per heavy atom. The highest BCUT2D eigenvalue weighted by molar-refractivity contribution is 6.00. The number of hydrogen-bond donors (Lipinski definition) is 1. The quantitative estimate of drug-likeness (QED) is 0.816. The Bertz CT molecular complexity index is 939. The number of nitrogens with one attached hydrogen (secondary N) is 1. The Morgan fingerprint density at radius 1 is 1.15 bits per heavy atom. The lowest BCUT2D eigenvalue weighted by Gasteiger charge is -2.25. The van der Waals surface area contributed by atoms with Gasteiger partial charge in [-0.3, -0.25) is 28.9 Å². The molecule has 2 aliphatic heterocycles. The Hall–Kier alpha value is -2.45. The lowest BCUT2D eigenvalue weighted by atomic mass is 10.1. The van der Waals surface area contributed by atoms with Crippen LogP contribution in [0, 0.1) is 0 Å². The van der Waals surface area contributed by atoms with Crippen LogP contribution in [0.2, 0.25) is 0 Å². The van der Waals surface area contributed by atoms with Crippen molar-refractivity contribution >= 4 is 22.8 Å². The molecule has 4 rings (SSSR count). The maximum Gasteiger partial charge on any atom is 0.329 e. The first-order valence-electron chi connectivity index (χ1n) is 9.46. The molecular weight excluding hydrogens is 348 g/mol. The average Bonchev–Trinajstić information content (AvgIpc) is 2.93. The average molecular weight is 372 g/mol. The smallest absolute Gasteiger partial charge is 0.295 e. The molecule has 8 heteroatoms. The second-order valence-electron chi connectivity index (χ2n) is 7.23. The number of hydroxylamine groups is 2. The highest BCUT2D eigenvalue weighted by atomic mass is 16.7. The molecule has 2 aliphatic rings. The van der Waals surface area contributed by atoms with Crippen molar-refractivity contribution in [2.24, 2.45) is 7.05 Å². The summed E-state index contributed by atoms with van der Waals surface area (Å²) in [5.41, 5.74) is 2.11. The predicted octanol–water partition coefficient (Wildman–Crippen LogP) is 1.24. The number of nitrogens with zero attached hydrogens (tertiary/aromatic N) is 3. The lowest BCUT2D eigenvalue weighted by molar-refractivity contribution is -0.178. The second kappa shape index (κ2) is 7.28. The molecule has 2 saturated heterocycles. The molecule has 27 heavy (non-hydrogen) atoms. The molecule has 0 spiro atoms. The number of fused-ring (bicyclic) bond motifs is 1. The van der Waals surface area contributed by atoms with E-state index in [9.17, 15) is 14.4 Å². The minimum atomic E-state index is -0.669. The van der Waals surface area contributed by atoms with E-state index in [2.05, 4.69) is 5.32 Å². The van der Waals surface area contributed by atoms with Crippen molar-refractivity contribution in [3.63, 3.8) is 0 Å². The number of piperidine rings is 2. The van der Waals surface area contributed by atoms with Crippen LogP contribution in [0.1, 0.15) is 43.7 Å². The first-order valence-corrected chi connectivity index (χ1v) is 9.46. The number of aromatic nitrogens is 2. The van der Waals surface area contributed by atoms with Gasteiger partial charge in [-0.2, -0.15) is 5.06 Å². The Morgan fingerprint density at radius 3 is 2.67 bits per heavy atom. The number of carbonyl (C=O) groups excluding carboxylic acids is 2. The topological polar surface area (TPSA) is 85.6 Å². The van der Waals surface area contributed by atoms with Crippen LogP contribution < -0.4 is 11.0 Å². The van der Waals surface area contributed by atoms with Gasteiger partial charge in [0.05, 0.1) is 17.6 Å². The van der Waals surface area contributed by atoms with Gasteiger partial charge in [0.2, 0.25) is 11.8 Å². The van der Waals surface area contributed by atoms with Crippen LogP contribution in [0.3, 0.4) is 0 Å². The number of aryl methyl sites for hydroxylation is 1. The fourth-order valence-electron chi connectivity index (χ4n) is 4.02. The first-order chi connectivity index (χ1) is 13.1. The molecule has 0 bridgehead atoms. The minimum absolute atomic E-state index is 0.233. The summed E-state index contributed by atoms with van der Waals surface area (Å²) in [6, 6.07) is 4.99. The summed E-state index contributed by atoms with van der Waals surface area (Å²) < 4.78 is 3.06. The molecular formula is C19H24N4O4. The molecule has 0 aliphatic carbocycles. The maximum atomic E-state index is 12.9. The van der Waals surface area contributed by atoms with Crippen molar-refractivity contribution in [1.82, 2.24) is 19.5 Å². The SMILES string of the molecule is Cn1c(=O)n(C2CCC(=O)NC2=O)c2cccc(CON3CCCCC3)c21. The highest BCUT2D eigenvalue weighted by Crippen LogP contribution is 2.25. The zero-order valence-corrected chi connectivity index (χ0v) is 15.4. The lowest BCUT2D eigenvalue weighted by Crippen LogP contribution is -2.44. The number of carbonyl (C=O) groups is 2. The van der Waals surface area contributed by atoms with Crippen LogP contribution in [0.15, 0.2) is 23.0 Å². The van der Waals surface area contributed by atoms with Crippen LogP contribution in [0.4, 0.5) is 0 Å². The monoisotopic (exact) mass is 372 g/mol. The minimum Gasteiger partial charge on any atom is -0.295 e. The summed E-state index contributed by atoms with van der Waals surface area (Å²) >= 11 is 0. The largest absolute Gasteiger partial charge is 0.329 e. The van der Waals surface area contributed by atoms with Crippen molar-refractivity contribution < 1.29 is 14.4 Å². The van der Waals surface area contributed by atoms with Crippen molar-refractivity contribution in [3.8, 4) is 0 Å². The standard InChI is InChI=1S/C19H24N4O4/c1-21-17-13(12-27-22-10-3-2-4-11-22)6-5-7-14(17)23(19(21)26)15-8-9-16(24)20-18(15)25/h5-7,15H,2-4,8-12H2,1H3,(H,20,24,25). The van der Waals surface area contributed by atoms with Gasteiger partial charge in [0.25, 0.3) is 0 Å². The van der Waals surface area contributed by atoms with E-state index in [4.69, 9.17) is 4.84 Å². The van der Waals surface area contributed by atoms with E-state index >= 15 is 0 Å². The van der Waals surface area contributed by atoms with E-state index in [0.717, 1.165) is 37.0 Å². The number of benzene rings is 1.